The second-order valence-electron chi connectivity index (χ2n) is 5.68. The zero-order chi connectivity index (χ0) is 11.4. The van der Waals surface area contributed by atoms with E-state index in [0.29, 0.717) is 5.60 Å². The van der Waals surface area contributed by atoms with Crippen LogP contribution < -0.4 is 0 Å². The van der Waals surface area contributed by atoms with E-state index in [4.69, 9.17) is 4.74 Å². The minimum atomic E-state index is 0.316. The maximum Gasteiger partial charge on any atom is 0.0685 e. The van der Waals surface area contributed by atoms with Gasteiger partial charge in [-0.1, -0.05) is 35.7 Å². The summed E-state index contributed by atoms with van der Waals surface area (Å²) in [4.78, 5) is 0.731. The number of alkyl halides is 1. The molecule has 2 aliphatic rings. The molecule has 0 amide bonds. The van der Waals surface area contributed by atoms with E-state index in [-0.39, 0.29) is 0 Å². The first-order chi connectivity index (χ1) is 7.74. The molecular weight excluding hydrogens is 264 g/mol. The third-order valence-electron chi connectivity index (χ3n) is 4.44. The van der Waals surface area contributed by atoms with Crippen LogP contribution >= 0.6 is 15.9 Å². The molecule has 2 fully saturated rings. The van der Waals surface area contributed by atoms with Gasteiger partial charge in [-0.05, 0) is 50.9 Å². The molecule has 0 N–H and O–H groups in total. The molecule has 2 rings (SSSR count). The van der Waals surface area contributed by atoms with Crippen molar-refractivity contribution in [2.75, 3.05) is 6.61 Å². The van der Waals surface area contributed by atoms with Gasteiger partial charge in [0.1, 0.15) is 0 Å². The van der Waals surface area contributed by atoms with Gasteiger partial charge >= 0.3 is 0 Å². The van der Waals surface area contributed by atoms with Crippen LogP contribution in [-0.4, -0.2) is 17.0 Å². The van der Waals surface area contributed by atoms with Crippen molar-refractivity contribution in [3.63, 3.8) is 0 Å². The first kappa shape index (κ1) is 12.9. The Bertz CT molecular complexity index is 211. The molecule has 16 heavy (non-hydrogen) atoms. The maximum atomic E-state index is 6.08. The second-order valence-corrected chi connectivity index (χ2v) is 6.98. The van der Waals surface area contributed by atoms with Crippen LogP contribution in [0.15, 0.2) is 0 Å². The largest absolute Gasteiger partial charge is 0.375 e. The molecule has 1 aliphatic heterocycles. The van der Waals surface area contributed by atoms with Crippen molar-refractivity contribution in [3.8, 4) is 0 Å². The molecule has 2 atom stereocenters. The van der Waals surface area contributed by atoms with Crippen molar-refractivity contribution >= 4 is 15.9 Å². The summed E-state index contributed by atoms with van der Waals surface area (Å²) in [5.41, 5.74) is 0.316. The summed E-state index contributed by atoms with van der Waals surface area (Å²) in [7, 11) is 0. The van der Waals surface area contributed by atoms with Gasteiger partial charge in [0.2, 0.25) is 0 Å². The lowest BCUT2D eigenvalue weighted by Gasteiger charge is -2.38. The average Bonchev–Trinajstić information content (AvgIpc) is 2.74. The zero-order valence-corrected chi connectivity index (χ0v) is 12.1. The smallest absolute Gasteiger partial charge is 0.0685 e. The van der Waals surface area contributed by atoms with Crippen LogP contribution in [0.5, 0.6) is 0 Å². The molecule has 1 aliphatic carbocycles. The van der Waals surface area contributed by atoms with E-state index in [1.807, 2.05) is 0 Å². The molecule has 94 valence electrons. The standard InChI is InChI=1S/C14H25BrO/c1-2-13(15)6-5-12-7-10-16-14(11-12)8-3-4-9-14/h12-13H,2-11H2,1H3. The predicted octanol–water partition coefficient (Wildman–Crippen LogP) is 4.68. The highest BCUT2D eigenvalue weighted by Gasteiger charge is 2.39. The highest BCUT2D eigenvalue weighted by atomic mass is 79.9. The Labute approximate surface area is 108 Å². The maximum absolute atomic E-state index is 6.08. The van der Waals surface area contributed by atoms with E-state index in [0.717, 1.165) is 17.4 Å². The third-order valence-corrected chi connectivity index (χ3v) is 5.55. The lowest BCUT2D eigenvalue weighted by atomic mass is 9.82. The molecule has 1 heterocycles. The SMILES string of the molecule is CCC(Br)CCC1CCOC2(CCCC2)C1. The van der Waals surface area contributed by atoms with Gasteiger partial charge in [-0.3, -0.25) is 0 Å². The van der Waals surface area contributed by atoms with Crippen LogP contribution in [0.3, 0.4) is 0 Å². The Hall–Kier alpha value is 0.440. The normalized spacial score (nSPS) is 30.8. The van der Waals surface area contributed by atoms with Crippen molar-refractivity contribution in [1.29, 1.82) is 0 Å². The Balaban J connectivity index is 1.78. The van der Waals surface area contributed by atoms with E-state index >= 15 is 0 Å². The van der Waals surface area contributed by atoms with Gasteiger partial charge < -0.3 is 4.74 Å². The van der Waals surface area contributed by atoms with Crippen molar-refractivity contribution < 1.29 is 4.74 Å². The predicted molar refractivity (Wildman–Crippen MR) is 72.1 cm³/mol. The summed E-state index contributed by atoms with van der Waals surface area (Å²) in [6.45, 7) is 3.28. The first-order valence-corrected chi connectivity index (χ1v) is 7.94. The van der Waals surface area contributed by atoms with E-state index in [1.54, 1.807) is 0 Å². The summed E-state index contributed by atoms with van der Waals surface area (Å²) in [6, 6.07) is 0. The third kappa shape index (κ3) is 3.22. The van der Waals surface area contributed by atoms with Gasteiger partial charge in [-0.15, -0.1) is 0 Å². The van der Waals surface area contributed by atoms with Gasteiger partial charge in [0.25, 0.3) is 0 Å². The molecular formula is C14H25BrO. The number of rotatable bonds is 4. The average molecular weight is 289 g/mol. The molecule has 1 nitrogen and oxygen atoms in total. The Kier molecular flexibility index (Phi) is 4.72. The number of ether oxygens (including phenoxy) is 1. The fourth-order valence-electron chi connectivity index (χ4n) is 3.36. The Morgan fingerprint density at radius 1 is 1.38 bits per heavy atom. The van der Waals surface area contributed by atoms with Crippen molar-refractivity contribution in [2.45, 2.75) is 75.1 Å². The van der Waals surface area contributed by atoms with E-state index < -0.39 is 0 Å². The first-order valence-electron chi connectivity index (χ1n) is 7.02. The van der Waals surface area contributed by atoms with Crippen molar-refractivity contribution in [1.82, 2.24) is 0 Å². The monoisotopic (exact) mass is 288 g/mol. The van der Waals surface area contributed by atoms with Crippen LogP contribution in [0.2, 0.25) is 0 Å². The molecule has 2 heteroatoms. The summed E-state index contributed by atoms with van der Waals surface area (Å²) >= 11 is 3.75. The number of hydrogen-bond donors (Lipinski definition) is 0. The minimum Gasteiger partial charge on any atom is -0.375 e. The van der Waals surface area contributed by atoms with Crippen LogP contribution in [0.1, 0.15) is 64.7 Å². The molecule has 0 radical (unpaired) electrons. The Morgan fingerprint density at radius 3 is 2.81 bits per heavy atom. The van der Waals surface area contributed by atoms with E-state index in [9.17, 15) is 0 Å². The quantitative estimate of drug-likeness (QED) is 0.683. The molecule has 1 saturated carbocycles. The van der Waals surface area contributed by atoms with Crippen LogP contribution in [0.4, 0.5) is 0 Å². The second kappa shape index (κ2) is 5.86. The molecule has 0 aromatic heterocycles. The van der Waals surface area contributed by atoms with Gasteiger partial charge in [-0.2, -0.15) is 0 Å². The zero-order valence-electron chi connectivity index (χ0n) is 10.5. The molecule has 0 aromatic carbocycles. The number of halogens is 1. The molecule has 2 unspecified atom stereocenters. The lowest BCUT2D eigenvalue weighted by Crippen LogP contribution is -2.37. The van der Waals surface area contributed by atoms with Crippen molar-refractivity contribution in [3.05, 3.63) is 0 Å². The fourth-order valence-corrected chi connectivity index (χ4v) is 3.63. The van der Waals surface area contributed by atoms with E-state index in [1.165, 1.54) is 57.8 Å². The summed E-state index contributed by atoms with van der Waals surface area (Å²) in [5, 5.41) is 0. The Morgan fingerprint density at radius 2 is 2.12 bits per heavy atom. The summed E-state index contributed by atoms with van der Waals surface area (Å²) < 4.78 is 6.08. The lowest BCUT2D eigenvalue weighted by molar-refractivity contribution is -0.0938. The van der Waals surface area contributed by atoms with Gasteiger partial charge in [-0.25, -0.2) is 0 Å². The minimum absolute atomic E-state index is 0.316. The molecule has 0 aromatic rings. The summed E-state index contributed by atoms with van der Waals surface area (Å²) in [5.74, 6) is 0.929. The van der Waals surface area contributed by atoms with E-state index in [2.05, 4.69) is 22.9 Å². The van der Waals surface area contributed by atoms with Crippen molar-refractivity contribution in [2.24, 2.45) is 5.92 Å². The highest BCUT2D eigenvalue weighted by molar-refractivity contribution is 9.09. The highest BCUT2D eigenvalue weighted by Crippen LogP contribution is 2.43. The summed E-state index contributed by atoms with van der Waals surface area (Å²) in [6.07, 6.45) is 12.1. The molecule has 1 saturated heterocycles. The number of hydrogen-bond acceptors (Lipinski definition) is 1. The van der Waals surface area contributed by atoms with Gasteiger partial charge in [0.05, 0.1) is 5.60 Å². The van der Waals surface area contributed by atoms with Crippen LogP contribution in [0.25, 0.3) is 0 Å². The fraction of sp³-hybridized carbons (Fsp3) is 1.00. The molecule has 1 spiro atoms. The van der Waals surface area contributed by atoms with Crippen LogP contribution in [-0.2, 0) is 4.74 Å². The van der Waals surface area contributed by atoms with Crippen LogP contribution in [0, 0.1) is 5.92 Å². The topological polar surface area (TPSA) is 9.23 Å². The van der Waals surface area contributed by atoms with Gasteiger partial charge in [0, 0.05) is 11.4 Å². The molecule has 0 bridgehead atoms. The van der Waals surface area contributed by atoms with Gasteiger partial charge in [0.15, 0.2) is 0 Å².